The fraction of sp³-hybridized carbons (Fsp3) is 0.226. The van der Waals surface area contributed by atoms with Crippen LogP contribution in [0.2, 0.25) is 0 Å². The summed E-state index contributed by atoms with van der Waals surface area (Å²) in [4.78, 5) is 22.4. The van der Waals surface area contributed by atoms with Crippen molar-refractivity contribution in [2.45, 2.75) is 32.2 Å². The third-order valence-electron chi connectivity index (χ3n) is 6.22. The number of nitrogens with zero attached hydrogens (tertiary/aromatic N) is 1. The second kappa shape index (κ2) is 13.4. The quantitative estimate of drug-likeness (QED) is 0.139. The number of rotatable bonds is 14. The number of hydrogen-bond acceptors (Lipinski definition) is 4. The lowest BCUT2D eigenvalue weighted by molar-refractivity contribution is -0.138. The van der Waals surface area contributed by atoms with Gasteiger partial charge in [-0.1, -0.05) is 48.6 Å². The van der Waals surface area contributed by atoms with Crippen molar-refractivity contribution in [3.8, 4) is 11.5 Å². The number of hydrogen-bond donors (Lipinski definition) is 2. The minimum Gasteiger partial charge on any atom is -0.493 e. The molecule has 1 aromatic heterocycles. The molecule has 2 N–H and O–H groups in total. The molecule has 4 rings (SSSR count). The first-order valence-electron chi connectivity index (χ1n) is 12.8. The van der Waals surface area contributed by atoms with Crippen LogP contribution in [0.5, 0.6) is 11.5 Å². The molecule has 0 bridgehead atoms. The maximum absolute atomic E-state index is 13.6. The van der Waals surface area contributed by atoms with E-state index in [1.54, 1.807) is 10.8 Å². The maximum atomic E-state index is 13.6. The molecule has 0 aliphatic rings. The first-order valence-corrected chi connectivity index (χ1v) is 12.8. The fourth-order valence-corrected chi connectivity index (χ4v) is 4.39. The van der Waals surface area contributed by atoms with Gasteiger partial charge in [-0.2, -0.15) is 4.39 Å². The molecule has 7 nitrogen and oxygen atoms in total. The lowest BCUT2D eigenvalue weighted by Crippen LogP contribution is -2.07. The predicted octanol–water partition coefficient (Wildman–Crippen LogP) is 6.43. The number of aromatic nitrogens is 1. The average Bonchev–Trinajstić information content (AvgIpc) is 3.27. The molecule has 0 radical (unpaired) electrons. The van der Waals surface area contributed by atoms with Crippen LogP contribution in [0.1, 0.15) is 36.0 Å². The topological polar surface area (TPSA) is 98.0 Å². The molecule has 0 saturated heterocycles. The van der Waals surface area contributed by atoms with E-state index in [-0.39, 0.29) is 25.3 Å². The zero-order valence-corrected chi connectivity index (χ0v) is 21.7. The highest BCUT2D eigenvalue weighted by Crippen LogP contribution is 2.28. The normalized spacial score (nSPS) is 11.2. The van der Waals surface area contributed by atoms with Gasteiger partial charge in [-0.3, -0.25) is 9.59 Å². The largest absolute Gasteiger partial charge is 0.493 e. The number of aryl methyl sites for hydroxylation is 1. The number of aliphatic carboxylic acids is 2. The first kappa shape index (κ1) is 28.4. The average molecular weight is 550 g/mol. The van der Waals surface area contributed by atoms with E-state index in [1.165, 1.54) is 12.1 Å². The smallest absolute Gasteiger partial charge is 0.323 e. The van der Waals surface area contributed by atoms with Gasteiger partial charge in [0.05, 0.1) is 18.7 Å². The van der Waals surface area contributed by atoms with Crippen LogP contribution in [-0.2, 0) is 22.6 Å². The van der Waals surface area contributed by atoms with Crippen LogP contribution in [0.3, 0.4) is 0 Å². The summed E-state index contributed by atoms with van der Waals surface area (Å²) in [6.45, 7) is 0.315. The van der Waals surface area contributed by atoms with Crippen molar-refractivity contribution in [1.29, 1.82) is 0 Å². The Kier molecular flexibility index (Phi) is 9.51. The van der Waals surface area contributed by atoms with Gasteiger partial charge in [0, 0.05) is 24.4 Å². The summed E-state index contributed by atoms with van der Waals surface area (Å²) in [6, 6.07) is 16.9. The monoisotopic (exact) mass is 549 g/mol. The van der Waals surface area contributed by atoms with Crippen molar-refractivity contribution < 1.29 is 38.1 Å². The van der Waals surface area contributed by atoms with Crippen LogP contribution in [0.15, 0.2) is 66.9 Å². The third kappa shape index (κ3) is 7.47. The molecule has 9 heteroatoms. The molecule has 0 aliphatic heterocycles. The summed E-state index contributed by atoms with van der Waals surface area (Å²) in [5.74, 6) is -3.26. The van der Waals surface area contributed by atoms with E-state index in [0.717, 1.165) is 33.7 Å². The van der Waals surface area contributed by atoms with Crippen LogP contribution in [0.25, 0.3) is 23.1 Å². The fourth-order valence-electron chi connectivity index (χ4n) is 4.39. The molecular weight excluding hydrogens is 520 g/mol. The molecule has 0 fully saturated rings. The Labute approximate surface area is 229 Å². The van der Waals surface area contributed by atoms with Crippen LogP contribution in [-0.4, -0.2) is 39.9 Å². The van der Waals surface area contributed by atoms with Gasteiger partial charge in [0.2, 0.25) is 5.82 Å². The molecule has 0 amide bonds. The summed E-state index contributed by atoms with van der Waals surface area (Å²) in [7, 11) is 0. The Morgan fingerprint density at radius 3 is 2.35 bits per heavy atom. The molecule has 208 valence electrons. The molecule has 3 aromatic carbocycles. The van der Waals surface area contributed by atoms with Crippen LogP contribution >= 0.6 is 0 Å². The number of carboxylic acids is 2. The summed E-state index contributed by atoms with van der Waals surface area (Å²) < 4.78 is 39.5. The second-order valence-electron chi connectivity index (χ2n) is 9.17. The molecule has 1 heterocycles. The number of benzene rings is 3. The maximum Gasteiger partial charge on any atom is 0.323 e. The van der Waals surface area contributed by atoms with Crippen molar-refractivity contribution in [3.63, 3.8) is 0 Å². The van der Waals surface area contributed by atoms with Crippen LogP contribution in [0.4, 0.5) is 8.78 Å². The zero-order valence-electron chi connectivity index (χ0n) is 21.7. The summed E-state index contributed by atoms with van der Waals surface area (Å²) in [6.07, 6.45) is 7.17. The van der Waals surface area contributed by atoms with Crippen molar-refractivity contribution in [3.05, 3.63) is 95.2 Å². The van der Waals surface area contributed by atoms with Gasteiger partial charge in [-0.25, -0.2) is 4.39 Å². The van der Waals surface area contributed by atoms with E-state index < -0.39 is 23.6 Å². The molecular formula is C31H29F2NO6. The minimum atomic E-state index is -1.01. The standard InChI is InChI=1S/C31H29F2NO6/c32-26-8-3-9-27(30(26)33)40-18-4-17-39-24-15-12-21(13-16-24)11-14-22-5-1-7-25-23(6-2-10-28(35)36)19-34(31(22)25)20-29(37)38/h1,3,5,7-9,11-16,19H,2,4,6,10,17-18,20H2,(H,35,36)(H,37,38). The summed E-state index contributed by atoms with van der Waals surface area (Å²) >= 11 is 0. The van der Waals surface area contributed by atoms with Gasteiger partial charge in [0.25, 0.3) is 0 Å². The molecule has 4 aromatic rings. The summed E-state index contributed by atoms with van der Waals surface area (Å²) in [5.41, 5.74) is 3.46. The summed E-state index contributed by atoms with van der Waals surface area (Å²) in [5, 5.41) is 19.3. The number of carbonyl (C=O) groups is 2. The zero-order chi connectivity index (χ0) is 28.5. The number of para-hydroxylation sites is 1. The van der Waals surface area contributed by atoms with Gasteiger partial charge in [-0.15, -0.1) is 0 Å². The van der Waals surface area contributed by atoms with Crippen molar-refractivity contribution in [1.82, 2.24) is 4.57 Å². The first-order chi connectivity index (χ1) is 19.3. The molecule has 0 atom stereocenters. The van der Waals surface area contributed by atoms with Gasteiger partial charge >= 0.3 is 11.9 Å². The van der Waals surface area contributed by atoms with Crippen LogP contribution in [0, 0.1) is 11.6 Å². The molecule has 0 spiro atoms. The van der Waals surface area contributed by atoms with E-state index in [9.17, 15) is 23.5 Å². The van der Waals surface area contributed by atoms with Crippen molar-refractivity contribution in [2.24, 2.45) is 0 Å². The van der Waals surface area contributed by atoms with Crippen molar-refractivity contribution >= 4 is 35.0 Å². The lowest BCUT2D eigenvalue weighted by atomic mass is 10.0. The third-order valence-corrected chi connectivity index (χ3v) is 6.22. The number of halogens is 2. The molecule has 0 aliphatic carbocycles. The SMILES string of the molecule is O=C(O)CCCc1cn(CC(=O)O)c2c(C=Cc3ccc(OCCCOc4cccc(F)c4F)cc3)cccc12. The molecule has 0 saturated carbocycles. The van der Waals surface area contributed by atoms with E-state index in [4.69, 9.17) is 14.6 Å². The highest BCUT2D eigenvalue weighted by Gasteiger charge is 2.14. The Bertz CT molecular complexity index is 1510. The van der Waals surface area contributed by atoms with Gasteiger partial charge in [-0.05, 0) is 53.8 Å². The van der Waals surface area contributed by atoms with Crippen LogP contribution < -0.4 is 9.47 Å². The van der Waals surface area contributed by atoms with Gasteiger partial charge in [0.15, 0.2) is 11.6 Å². The van der Waals surface area contributed by atoms with E-state index >= 15 is 0 Å². The molecule has 40 heavy (non-hydrogen) atoms. The van der Waals surface area contributed by atoms with Gasteiger partial charge in [0.1, 0.15) is 12.3 Å². The number of ether oxygens (including phenoxy) is 2. The van der Waals surface area contributed by atoms with Gasteiger partial charge < -0.3 is 24.3 Å². The van der Waals surface area contributed by atoms with Crippen molar-refractivity contribution in [2.75, 3.05) is 13.2 Å². The van der Waals surface area contributed by atoms with E-state index in [2.05, 4.69) is 0 Å². The second-order valence-corrected chi connectivity index (χ2v) is 9.17. The lowest BCUT2D eigenvalue weighted by Gasteiger charge is -2.09. The molecule has 0 unspecified atom stereocenters. The number of carboxylic acid groups (broad SMARTS) is 2. The Balaban J connectivity index is 1.38. The number of fused-ring (bicyclic) bond motifs is 1. The predicted molar refractivity (Wildman–Crippen MR) is 147 cm³/mol. The highest BCUT2D eigenvalue weighted by molar-refractivity contribution is 5.94. The Morgan fingerprint density at radius 2 is 1.60 bits per heavy atom. The Morgan fingerprint density at radius 1 is 0.850 bits per heavy atom. The highest BCUT2D eigenvalue weighted by atomic mass is 19.2. The Hall–Kier alpha value is -4.66. The van der Waals surface area contributed by atoms with E-state index in [1.807, 2.05) is 54.6 Å². The van der Waals surface area contributed by atoms with E-state index in [0.29, 0.717) is 31.6 Å². The minimum absolute atomic E-state index is 0.0492.